The number of likely N-dealkylation sites (N-methyl/N-ethyl adjacent to an activating group) is 1. The van der Waals surface area contributed by atoms with Crippen LogP contribution in [-0.2, 0) is 11.3 Å². The molecule has 0 saturated heterocycles. The molecule has 2 N–H and O–H groups in total. The van der Waals surface area contributed by atoms with E-state index in [0.717, 1.165) is 23.6 Å². The van der Waals surface area contributed by atoms with Gasteiger partial charge in [-0.15, -0.1) is 24.5 Å². The number of hydrogen-bond acceptors (Lipinski definition) is 3. The second-order valence-corrected chi connectivity index (χ2v) is 6.46. The van der Waals surface area contributed by atoms with Gasteiger partial charge in [-0.2, -0.15) is 0 Å². The minimum Gasteiger partial charge on any atom is -0.406 e. The SMILES string of the molecule is Cc1ccsc1C[NH+](C)CC(=O)Nc1ccc(OC(F)(F)F)cc1. The first-order chi connectivity index (χ1) is 11.2. The summed E-state index contributed by atoms with van der Waals surface area (Å²) in [6.07, 6.45) is -4.73. The van der Waals surface area contributed by atoms with E-state index in [1.807, 2.05) is 25.4 Å². The lowest BCUT2D eigenvalue weighted by Crippen LogP contribution is -3.08. The molecule has 8 heteroatoms. The Labute approximate surface area is 141 Å². The highest BCUT2D eigenvalue weighted by Crippen LogP contribution is 2.23. The van der Waals surface area contributed by atoms with Crippen molar-refractivity contribution >= 4 is 22.9 Å². The first kappa shape index (κ1) is 18.3. The van der Waals surface area contributed by atoms with Gasteiger partial charge in [0.25, 0.3) is 5.91 Å². The molecule has 4 nitrogen and oxygen atoms in total. The summed E-state index contributed by atoms with van der Waals surface area (Å²) in [6, 6.07) is 7.11. The maximum absolute atomic E-state index is 12.1. The molecule has 1 aromatic heterocycles. The number of aryl methyl sites for hydroxylation is 1. The maximum Gasteiger partial charge on any atom is 0.573 e. The number of alkyl halides is 3. The molecule has 0 saturated carbocycles. The zero-order chi connectivity index (χ0) is 17.7. The number of ether oxygens (including phenoxy) is 1. The van der Waals surface area contributed by atoms with E-state index in [1.54, 1.807) is 11.3 Å². The molecule has 1 unspecified atom stereocenters. The fourth-order valence-corrected chi connectivity index (χ4v) is 3.16. The minimum absolute atomic E-state index is 0.203. The number of hydrogen-bond donors (Lipinski definition) is 2. The molecule has 1 atom stereocenters. The normalized spacial score (nSPS) is 12.7. The first-order valence-corrected chi connectivity index (χ1v) is 8.11. The number of quaternary nitrogens is 1. The van der Waals surface area contributed by atoms with E-state index >= 15 is 0 Å². The minimum atomic E-state index is -4.73. The van der Waals surface area contributed by atoms with Crippen LogP contribution in [0.3, 0.4) is 0 Å². The average Bonchev–Trinajstić information content (AvgIpc) is 2.84. The Balaban J connectivity index is 1.84. The van der Waals surface area contributed by atoms with Gasteiger partial charge in [-0.1, -0.05) is 0 Å². The van der Waals surface area contributed by atoms with Crippen LogP contribution in [0.1, 0.15) is 10.4 Å². The van der Waals surface area contributed by atoms with E-state index in [0.29, 0.717) is 5.69 Å². The number of carbonyl (C=O) groups excluding carboxylic acids is 1. The third-order valence-electron chi connectivity index (χ3n) is 3.26. The number of halogens is 3. The Kier molecular flexibility index (Phi) is 5.84. The second kappa shape index (κ2) is 7.67. The summed E-state index contributed by atoms with van der Waals surface area (Å²) in [5.41, 5.74) is 1.63. The monoisotopic (exact) mass is 359 g/mol. The number of amides is 1. The smallest absolute Gasteiger partial charge is 0.406 e. The van der Waals surface area contributed by atoms with Gasteiger partial charge in [0, 0.05) is 5.69 Å². The predicted molar refractivity (Wildman–Crippen MR) is 86.3 cm³/mol. The molecule has 2 rings (SSSR count). The number of thiophene rings is 1. The average molecular weight is 359 g/mol. The second-order valence-electron chi connectivity index (χ2n) is 5.46. The Morgan fingerprint density at radius 1 is 1.25 bits per heavy atom. The predicted octanol–water partition coefficient (Wildman–Crippen LogP) is 2.61. The molecule has 24 heavy (non-hydrogen) atoms. The van der Waals surface area contributed by atoms with Crippen molar-refractivity contribution in [2.45, 2.75) is 19.8 Å². The van der Waals surface area contributed by atoms with Crippen LogP contribution >= 0.6 is 11.3 Å². The summed E-state index contributed by atoms with van der Waals surface area (Å²) in [5.74, 6) is -0.525. The summed E-state index contributed by atoms with van der Waals surface area (Å²) in [5, 5.41) is 4.68. The quantitative estimate of drug-likeness (QED) is 0.833. The lowest BCUT2D eigenvalue weighted by Gasteiger charge is -2.14. The molecule has 1 aromatic carbocycles. The number of benzene rings is 1. The lowest BCUT2D eigenvalue weighted by atomic mass is 10.3. The Hall–Kier alpha value is -2.06. The Morgan fingerprint density at radius 2 is 1.92 bits per heavy atom. The van der Waals surface area contributed by atoms with Gasteiger partial charge in [0.1, 0.15) is 12.3 Å². The fraction of sp³-hybridized carbons (Fsp3) is 0.312. The fourth-order valence-electron chi connectivity index (χ4n) is 2.14. The molecule has 0 radical (unpaired) electrons. The molecule has 0 aliphatic carbocycles. The maximum atomic E-state index is 12.1. The van der Waals surface area contributed by atoms with E-state index in [9.17, 15) is 18.0 Å². The molecule has 0 spiro atoms. The number of carbonyl (C=O) groups is 1. The topological polar surface area (TPSA) is 42.8 Å². The summed E-state index contributed by atoms with van der Waals surface area (Å²) in [7, 11) is 1.92. The van der Waals surface area contributed by atoms with Gasteiger partial charge in [0.15, 0.2) is 6.54 Å². The molecule has 0 fully saturated rings. The van der Waals surface area contributed by atoms with E-state index in [4.69, 9.17) is 0 Å². The molecule has 130 valence electrons. The number of anilines is 1. The van der Waals surface area contributed by atoms with Crippen LogP contribution in [0.5, 0.6) is 5.75 Å². The summed E-state index contributed by atoms with van der Waals surface area (Å²) in [6.45, 7) is 3.04. The van der Waals surface area contributed by atoms with Crippen LogP contribution in [0.25, 0.3) is 0 Å². The highest BCUT2D eigenvalue weighted by atomic mass is 32.1. The summed E-state index contributed by atoms with van der Waals surface area (Å²) >= 11 is 1.66. The number of nitrogens with one attached hydrogen (secondary N) is 2. The third-order valence-corrected chi connectivity index (χ3v) is 4.29. The van der Waals surface area contributed by atoms with Crippen LogP contribution in [0.4, 0.5) is 18.9 Å². The molecule has 2 aromatic rings. The van der Waals surface area contributed by atoms with Crippen LogP contribution in [-0.4, -0.2) is 25.9 Å². The summed E-state index contributed by atoms with van der Waals surface area (Å²) < 4.78 is 40.0. The van der Waals surface area contributed by atoms with Crippen molar-refractivity contribution in [3.63, 3.8) is 0 Å². The van der Waals surface area contributed by atoms with Gasteiger partial charge in [-0.3, -0.25) is 4.79 Å². The number of rotatable bonds is 6. The van der Waals surface area contributed by atoms with Crippen molar-refractivity contribution in [1.82, 2.24) is 0 Å². The molecule has 1 heterocycles. The zero-order valence-corrected chi connectivity index (χ0v) is 14.1. The van der Waals surface area contributed by atoms with Crippen molar-refractivity contribution in [2.24, 2.45) is 0 Å². The van der Waals surface area contributed by atoms with Crippen molar-refractivity contribution in [3.8, 4) is 5.75 Å². The van der Waals surface area contributed by atoms with Crippen molar-refractivity contribution in [2.75, 3.05) is 18.9 Å². The third kappa shape index (κ3) is 5.86. The highest BCUT2D eigenvalue weighted by Gasteiger charge is 2.30. The molecule has 1 amide bonds. The van der Waals surface area contributed by atoms with Crippen LogP contribution in [0, 0.1) is 6.92 Å². The van der Waals surface area contributed by atoms with Crippen LogP contribution in [0.2, 0.25) is 0 Å². The zero-order valence-electron chi connectivity index (χ0n) is 13.2. The van der Waals surface area contributed by atoms with Crippen molar-refractivity contribution < 1.29 is 27.6 Å². The molecule has 0 bridgehead atoms. The summed E-state index contributed by atoms with van der Waals surface area (Å²) in [4.78, 5) is 14.3. The van der Waals surface area contributed by atoms with E-state index in [1.165, 1.54) is 22.6 Å². The molecule has 0 aliphatic heterocycles. The standard InChI is InChI=1S/C16H17F3N2O2S/c1-11-7-8-24-14(11)9-21(2)10-15(22)20-12-3-5-13(6-4-12)23-16(17,18)19/h3-8H,9-10H2,1-2H3,(H,20,22)/p+1. The lowest BCUT2D eigenvalue weighted by molar-refractivity contribution is -0.884. The molecular weight excluding hydrogens is 341 g/mol. The van der Waals surface area contributed by atoms with Crippen LogP contribution in [0.15, 0.2) is 35.7 Å². The van der Waals surface area contributed by atoms with Gasteiger partial charge in [0.05, 0.1) is 11.9 Å². The van der Waals surface area contributed by atoms with Gasteiger partial charge < -0.3 is 15.0 Å². The van der Waals surface area contributed by atoms with Gasteiger partial charge in [0.2, 0.25) is 0 Å². The largest absolute Gasteiger partial charge is 0.573 e. The van der Waals surface area contributed by atoms with Crippen molar-refractivity contribution in [3.05, 3.63) is 46.2 Å². The Bertz CT molecular complexity index is 683. The Morgan fingerprint density at radius 3 is 2.46 bits per heavy atom. The van der Waals surface area contributed by atoms with E-state index in [2.05, 4.69) is 10.1 Å². The van der Waals surface area contributed by atoms with Gasteiger partial charge >= 0.3 is 6.36 Å². The van der Waals surface area contributed by atoms with Crippen LogP contribution < -0.4 is 15.0 Å². The van der Waals surface area contributed by atoms with E-state index < -0.39 is 6.36 Å². The first-order valence-electron chi connectivity index (χ1n) is 7.23. The molecule has 0 aliphatic rings. The van der Waals surface area contributed by atoms with Crippen molar-refractivity contribution in [1.29, 1.82) is 0 Å². The molecular formula is C16H18F3N2O2S+. The van der Waals surface area contributed by atoms with Gasteiger partial charge in [-0.05, 0) is 48.2 Å². The highest BCUT2D eigenvalue weighted by molar-refractivity contribution is 7.10. The van der Waals surface area contributed by atoms with Gasteiger partial charge in [-0.25, -0.2) is 0 Å². The van der Waals surface area contributed by atoms with E-state index in [-0.39, 0.29) is 18.2 Å².